The lowest BCUT2D eigenvalue weighted by Crippen LogP contribution is -2.18. The van der Waals surface area contributed by atoms with E-state index in [2.05, 4.69) is 104 Å². The molecule has 0 N–H and O–H groups in total. The zero-order valence-electron chi connectivity index (χ0n) is 19.8. The van der Waals surface area contributed by atoms with Crippen molar-refractivity contribution in [3.8, 4) is 0 Å². The van der Waals surface area contributed by atoms with Crippen molar-refractivity contribution in [2.24, 2.45) is 10.8 Å². The normalized spacial score (nSPS) is 14.6. The summed E-state index contributed by atoms with van der Waals surface area (Å²) in [5.41, 5.74) is 4.99. The van der Waals surface area contributed by atoms with Gasteiger partial charge in [-0.05, 0) is 66.4 Å². The maximum absolute atomic E-state index is 4.38. The first-order valence-electron chi connectivity index (χ1n) is 11.5. The van der Waals surface area contributed by atoms with E-state index in [-0.39, 0.29) is 0 Å². The monoisotopic (exact) mass is 526 g/mol. The van der Waals surface area contributed by atoms with Gasteiger partial charge in [-0.1, -0.05) is 123 Å². The third-order valence-corrected chi connectivity index (χ3v) is 8.44. The van der Waals surface area contributed by atoms with Gasteiger partial charge < -0.3 is 0 Å². The van der Waals surface area contributed by atoms with Crippen molar-refractivity contribution in [2.45, 2.75) is 109 Å². The first kappa shape index (κ1) is 27.0. The van der Waals surface area contributed by atoms with Crippen LogP contribution in [0, 0.1) is 10.8 Å². The summed E-state index contributed by atoms with van der Waals surface area (Å²) in [5.74, 6) is 0.690. The summed E-state index contributed by atoms with van der Waals surface area (Å²) in [6, 6.07) is 9.18. The number of rotatable bonds is 14. The van der Waals surface area contributed by atoms with Crippen LogP contribution in [0.5, 0.6) is 0 Å². The van der Waals surface area contributed by atoms with Crippen LogP contribution in [0.15, 0.2) is 36.4 Å². The molecule has 0 fully saturated rings. The standard InChI is InChI=1S/C27H44Br2/c1-8-23(24-14-12-22(20-28)13-15-24)11-10-17-27(6,7)18-16-25(29)21(3)19-26(4,5)9-2/h12-15,23,25H,3,8-11,16-20H2,1-2,4-7H3. The first-order chi connectivity index (χ1) is 13.5. The highest BCUT2D eigenvalue weighted by Crippen LogP contribution is 2.37. The Kier molecular flexibility index (Phi) is 11.8. The van der Waals surface area contributed by atoms with Gasteiger partial charge in [0.2, 0.25) is 0 Å². The first-order valence-corrected chi connectivity index (χ1v) is 13.5. The van der Waals surface area contributed by atoms with Crippen LogP contribution in [0.25, 0.3) is 0 Å². The molecule has 1 aromatic rings. The van der Waals surface area contributed by atoms with Crippen LogP contribution >= 0.6 is 31.9 Å². The maximum Gasteiger partial charge on any atom is 0.0352 e. The average molecular weight is 528 g/mol. The van der Waals surface area contributed by atoms with E-state index < -0.39 is 0 Å². The van der Waals surface area contributed by atoms with Crippen LogP contribution in [0.2, 0.25) is 0 Å². The van der Waals surface area contributed by atoms with E-state index in [1.54, 1.807) is 0 Å². The molecule has 166 valence electrons. The summed E-state index contributed by atoms with van der Waals surface area (Å²) in [6.45, 7) is 18.6. The Bertz CT molecular complexity index is 597. The number of benzene rings is 1. The highest BCUT2D eigenvalue weighted by molar-refractivity contribution is 9.09. The molecule has 0 radical (unpaired) electrons. The number of allylic oxidation sites excluding steroid dienone is 1. The number of halogens is 2. The Balaban J connectivity index is 2.46. The molecule has 1 aromatic carbocycles. The second kappa shape index (κ2) is 12.7. The number of hydrogen-bond acceptors (Lipinski definition) is 0. The molecular weight excluding hydrogens is 484 g/mol. The second-order valence-electron chi connectivity index (χ2n) is 10.4. The summed E-state index contributed by atoms with van der Waals surface area (Å²) in [6.07, 6.45) is 9.90. The van der Waals surface area contributed by atoms with Crippen LogP contribution < -0.4 is 0 Å². The molecule has 1 rings (SSSR count). The van der Waals surface area contributed by atoms with Gasteiger partial charge in [-0.15, -0.1) is 0 Å². The average Bonchev–Trinajstić information content (AvgIpc) is 2.69. The van der Waals surface area contributed by atoms with E-state index in [1.807, 2.05) is 0 Å². The topological polar surface area (TPSA) is 0 Å². The molecule has 0 amide bonds. The minimum Gasteiger partial charge on any atom is -0.0987 e. The van der Waals surface area contributed by atoms with E-state index in [1.165, 1.54) is 61.6 Å². The lowest BCUT2D eigenvalue weighted by molar-refractivity contribution is 0.283. The zero-order chi connectivity index (χ0) is 22.1. The van der Waals surface area contributed by atoms with Crippen molar-refractivity contribution in [2.75, 3.05) is 0 Å². The highest BCUT2D eigenvalue weighted by atomic mass is 79.9. The third kappa shape index (κ3) is 10.2. The minimum absolute atomic E-state index is 0.362. The third-order valence-electron chi connectivity index (χ3n) is 6.68. The molecule has 0 aromatic heterocycles. The van der Waals surface area contributed by atoms with Crippen molar-refractivity contribution in [3.05, 3.63) is 47.5 Å². The Morgan fingerprint density at radius 1 is 0.966 bits per heavy atom. The maximum atomic E-state index is 4.38. The molecule has 2 heteroatoms. The van der Waals surface area contributed by atoms with Gasteiger partial charge in [-0.25, -0.2) is 0 Å². The largest absolute Gasteiger partial charge is 0.0987 e. The van der Waals surface area contributed by atoms with Crippen LogP contribution in [-0.2, 0) is 5.33 Å². The highest BCUT2D eigenvalue weighted by Gasteiger charge is 2.23. The zero-order valence-corrected chi connectivity index (χ0v) is 23.0. The molecule has 0 spiro atoms. The Hall–Kier alpha value is -0.0800. The van der Waals surface area contributed by atoms with E-state index in [4.69, 9.17) is 0 Å². The van der Waals surface area contributed by atoms with Crippen molar-refractivity contribution in [1.82, 2.24) is 0 Å². The lowest BCUT2D eigenvalue weighted by atomic mass is 9.78. The fourth-order valence-electron chi connectivity index (χ4n) is 4.01. The quantitative estimate of drug-likeness (QED) is 0.166. The predicted molar refractivity (Wildman–Crippen MR) is 140 cm³/mol. The molecule has 0 nitrogen and oxygen atoms in total. The smallest absolute Gasteiger partial charge is 0.0352 e. The summed E-state index contributed by atoms with van der Waals surface area (Å²) in [5, 5.41) is 0.940. The molecule has 0 aliphatic heterocycles. The Labute approximate surface area is 198 Å². The molecule has 0 saturated heterocycles. The fourth-order valence-corrected chi connectivity index (χ4v) is 4.77. The molecule has 2 unspecified atom stereocenters. The van der Waals surface area contributed by atoms with Crippen molar-refractivity contribution in [3.63, 3.8) is 0 Å². The molecule has 0 heterocycles. The molecule has 0 saturated carbocycles. The van der Waals surface area contributed by atoms with Crippen LogP contribution in [0.3, 0.4) is 0 Å². The van der Waals surface area contributed by atoms with E-state index in [0.717, 1.165) is 11.8 Å². The summed E-state index contributed by atoms with van der Waals surface area (Å²) < 4.78 is 0. The van der Waals surface area contributed by atoms with Gasteiger partial charge >= 0.3 is 0 Å². The minimum atomic E-state index is 0.362. The van der Waals surface area contributed by atoms with Gasteiger partial charge in [-0.2, -0.15) is 0 Å². The van der Waals surface area contributed by atoms with Gasteiger partial charge in [0.1, 0.15) is 0 Å². The van der Waals surface area contributed by atoms with Gasteiger partial charge in [0.05, 0.1) is 0 Å². The summed E-state index contributed by atoms with van der Waals surface area (Å²) in [7, 11) is 0. The molecule has 0 aliphatic rings. The van der Waals surface area contributed by atoms with E-state index >= 15 is 0 Å². The SMILES string of the molecule is C=C(CC(C)(C)CC)C(Br)CCC(C)(C)CCCC(CC)c1ccc(CBr)cc1. The summed E-state index contributed by atoms with van der Waals surface area (Å²) >= 11 is 7.46. The Morgan fingerprint density at radius 3 is 2.10 bits per heavy atom. The van der Waals surface area contributed by atoms with Crippen molar-refractivity contribution in [1.29, 1.82) is 0 Å². The fraction of sp³-hybridized carbons (Fsp3) is 0.704. The summed E-state index contributed by atoms with van der Waals surface area (Å²) in [4.78, 5) is 0.448. The predicted octanol–water partition coefficient (Wildman–Crippen LogP) is 10.2. The second-order valence-corrected chi connectivity index (χ2v) is 12.1. The van der Waals surface area contributed by atoms with Gasteiger partial charge in [0.25, 0.3) is 0 Å². The van der Waals surface area contributed by atoms with Gasteiger partial charge in [-0.3, -0.25) is 0 Å². The lowest BCUT2D eigenvalue weighted by Gasteiger charge is -2.29. The van der Waals surface area contributed by atoms with Crippen LogP contribution in [0.4, 0.5) is 0 Å². The molecule has 0 aliphatic carbocycles. The van der Waals surface area contributed by atoms with Crippen LogP contribution in [0.1, 0.15) is 110 Å². The number of alkyl halides is 2. The Morgan fingerprint density at radius 2 is 1.59 bits per heavy atom. The van der Waals surface area contributed by atoms with Gasteiger partial charge in [0, 0.05) is 10.2 Å². The molecule has 2 atom stereocenters. The van der Waals surface area contributed by atoms with Crippen LogP contribution in [-0.4, -0.2) is 4.83 Å². The van der Waals surface area contributed by atoms with Crippen molar-refractivity contribution < 1.29 is 0 Å². The molecule has 29 heavy (non-hydrogen) atoms. The van der Waals surface area contributed by atoms with E-state index in [0.29, 0.717) is 21.6 Å². The van der Waals surface area contributed by atoms with Crippen molar-refractivity contribution >= 4 is 31.9 Å². The molecular formula is C27H44Br2. The number of hydrogen-bond donors (Lipinski definition) is 0. The molecule has 0 bridgehead atoms. The van der Waals surface area contributed by atoms with E-state index in [9.17, 15) is 0 Å². The van der Waals surface area contributed by atoms with Gasteiger partial charge in [0.15, 0.2) is 0 Å².